The average Bonchev–Trinajstić information content (AvgIpc) is 2.19. The van der Waals surface area contributed by atoms with Crippen LogP contribution in [0.3, 0.4) is 0 Å². The summed E-state index contributed by atoms with van der Waals surface area (Å²) in [5.74, 6) is 0. The number of hydrogen-bond donors (Lipinski definition) is 0. The van der Waals surface area contributed by atoms with Gasteiger partial charge in [0.05, 0.1) is 12.2 Å². The zero-order valence-electron chi connectivity index (χ0n) is 9.08. The third-order valence-corrected chi connectivity index (χ3v) is 3.80. The summed E-state index contributed by atoms with van der Waals surface area (Å²) in [5.41, 5.74) is 2.64. The molecule has 1 fully saturated rings. The molecule has 2 heteroatoms. The maximum atomic E-state index is 6.05. The van der Waals surface area contributed by atoms with E-state index < -0.39 is 0 Å². The molecule has 0 heterocycles. The monoisotopic (exact) mass is 316 g/mol. The lowest BCUT2D eigenvalue weighted by Crippen LogP contribution is -2.24. The Balaban J connectivity index is 2.01. The maximum absolute atomic E-state index is 6.05. The molecule has 82 valence electrons. The van der Waals surface area contributed by atoms with Crippen LogP contribution in [0.25, 0.3) is 0 Å². The predicted molar refractivity (Wildman–Crippen MR) is 71.5 cm³/mol. The Kier molecular flexibility index (Phi) is 4.03. The Morgan fingerprint density at radius 1 is 1.33 bits per heavy atom. The van der Waals surface area contributed by atoms with E-state index in [4.69, 9.17) is 4.74 Å². The van der Waals surface area contributed by atoms with Crippen molar-refractivity contribution in [3.05, 3.63) is 35.4 Å². The Bertz CT molecular complexity index is 303. The molecule has 2 rings (SSSR count). The van der Waals surface area contributed by atoms with Gasteiger partial charge in [0.2, 0.25) is 0 Å². The summed E-state index contributed by atoms with van der Waals surface area (Å²) in [5, 5.41) is 0. The van der Waals surface area contributed by atoms with E-state index in [0.29, 0.717) is 6.10 Å². The van der Waals surface area contributed by atoms with Crippen LogP contribution < -0.4 is 0 Å². The second kappa shape index (κ2) is 5.30. The molecule has 1 aromatic rings. The van der Waals surface area contributed by atoms with Crippen molar-refractivity contribution < 1.29 is 4.74 Å². The summed E-state index contributed by atoms with van der Waals surface area (Å²) in [6, 6.07) is 8.71. The quantitative estimate of drug-likeness (QED) is 0.602. The molecule has 0 aromatic heterocycles. The lowest BCUT2D eigenvalue weighted by atomic mass is 9.95. The van der Waals surface area contributed by atoms with Crippen LogP contribution in [0.5, 0.6) is 0 Å². The minimum Gasteiger partial charge on any atom is -0.369 e. The molecule has 15 heavy (non-hydrogen) atoms. The first-order chi connectivity index (χ1) is 7.29. The van der Waals surface area contributed by atoms with E-state index in [1.54, 1.807) is 0 Å². The van der Waals surface area contributed by atoms with Crippen LogP contribution in [0.15, 0.2) is 24.3 Å². The average molecular weight is 316 g/mol. The second-order valence-corrected chi connectivity index (χ2v) is 5.12. The van der Waals surface area contributed by atoms with Crippen LogP contribution in [0.2, 0.25) is 0 Å². The van der Waals surface area contributed by atoms with Gasteiger partial charge < -0.3 is 4.74 Å². The molecule has 0 radical (unpaired) electrons. The largest absolute Gasteiger partial charge is 0.369 e. The Hall–Kier alpha value is -0.0900. The summed E-state index contributed by atoms with van der Waals surface area (Å²) in [4.78, 5) is 0. The van der Waals surface area contributed by atoms with Crippen molar-refractivity contribution in [3.8, 4) is 0 Å². The van der Waals surface area contributed by atoms with Gasteiger partial charge in [0.25, 0.3) is 0 Å². The van der Waals surface area contributed by atoms with Crippen molar-refractivity contribution in [2.24, 2.45) is 0 Å². The Morgan fingerprint density at radius 2 is 2.00 bits per heavy atom. The minimum absolute atomic E-state index is 0.288. The van der Waals surface area contributed by atoms with E-state index in [2.05, 4.69) is 53.8 Å². The normalized spacial score (nSPS) is 18.5. The Morgan fingerprint density at radius 3 is 2.47 bits per heavy atom. The van der Waals surface area contributed by atoms with Crippen molar-refractivity contribution in [2.45, 2.75) is 38.4 Å². The Labute approximate surface area is 105 Å². The molecule has 1 aromatic carbocycles. The molecule has 1 saturated carbocycles. The van der Waals surface area contributed by atoms with Gasteiger partial charge in [-0.15, -0.1) is 0 Å². The van der Waals surface area contributed by atoms with Gasteiger partial charge in [-0.2, -0.15) is 0 Å². The number of ether oxygens (including phenoxy) is 1. The molecule has 1 nitrogen and oxygen atoms in total. The highest BCUT2D eigenvalue weighted by Gasteiger charge is 2.22. The molecule has 0 saturated heterocycles. The van der Waals surface area contributed by atoms with Gasteiger partial charge >= 0.3 is 0 Å². The lowest BCUT2D eigenvalue weighted by Gasteiger charge is -2.30. The van der Waals surface area contributed by atoms with Gasteiger partial charge in [0.15, 0.2) is 0 Å². The van der Waals surface area contributed by atoms with Crippen molar-refractivity contribution >= 4 is 22.6 Å². The minimum atomic E-state index is 0.288. The first-order valence-corrected chi connectivity index (χ1v) is 7.10. The molecular formula is C13H17IO. The van der Waals surface area contributed by atoms with Gasteiger partial charge in [-0.05, 0) is 31.7 Å². The van der Waals surface area contributed by atoms with Crippen LogP contribution in [0.1, 0.15) is 36.5 Å². The van der Waals surface area contributed by atoms with Crippen LogP contribution in [-0.4, -0.2) is 10.5 Å². The van der Waals surface area contributed by atoms with Crippen LogP contribution in [0, 0.1) is 6.92 Å². The summed E-state index contributed by atoms with van der Waals surface area (Å²) in [6.45, 7) is 2.12. The van der Waals surface area contributed by atoms with E-state index in [1.165, 1.54) is 30.4 Å². The number of rotatable bonds is 4. The molecule has 0 amide bonds. The van der Waals surface area contributed by atoms with Gasteiger partial charge in [-0.1, -0.05) is 52.4 Å². The van der Waals surface area contributed by atoms with Crippen molar-refractivity contribution in [1.29, 1.82) is 0 Å². The van der Waals surface area contributed by atoms with Gasteiger partial charge in [-0.3, -0.25) is 0 Å². The zero-order valence-corrected chi connectivity index (χ0v) is 11.2. The fourth-order valence-electron chi connectivity index (χ4n) is 1.72. The number of hydrogen-bond acceptors (Lipinski definition) is 1. The van der Waals surface area contributed by atoms with E-state index in [9.17, 15) is 0 Å². The van der Waals surface area contributed by atoms with E-state index in [-0.39, 0.29) is 6.10 Å². The molecule has 0 aliphatic heterocycles. The van der Waals surface area contributed by atoms with Gasteiger partial charge in [0.1, 0.15) is 0 Å². The number of benzene rings is 1. The zero-order chi connectivity index (χ0) is 10.7. The van der Waals surface area contributed by atoms with Crippen LogP contribution in [0.4, 0.5) is 0 Å². The van der Waals surface area contributed by atoms with Crippen LogP contribution >= 0.6 is 22.6 Å². The van der Waals surface area contributed by atoms with E-state index in [0.717, 1.165) is 4.43 Å². The highest BCUT2D eigenvalue weighted by Crippen LogP contribution is 2.30. The first kappa shape index (κ1) is 11.4. The smallest absolute Gasteiger partial charge is 0.0918 e. The summed E-state index contributed by atoms with van der Waals surface area (Å²) in [6.07, 6.45) is 4.65. The highest BCUT2D eigenvalue weighted by molar-refractivity contribution is 14.1. The van der Waals surface area contributed by atoms with Crippen molar-refractivity contribution in [3.63, 3.8) is 0 Å². The first-order valence-electron chi connectivity index (χ1n) is 5.57. The summed E-state index contributed by atoms with van der Waals surface area (Å²) >= 11 is 2.41. The van der Waals surface area contributed by atoms with E-state index >= 15 is 0 Å². The number of halogens is 1. The molecular weight excluding hydrogens is 299 g/mol. The topological polar surface area (TPSA) is 9.23 Å². The SMILES string of the molecule is Cc1ccc(C(CI)OC2CCC2)cc1. The third-order valence-electron chi connectivity index (χ3n) is 3.00. The second-order valence-electron chi connectivity index (χ2n) is 4.24. The molecule has 1 aliphatic carbocycles. The predicted octanol–water partition coefficient (Wildman–Crippen LogP) is 4.04. The molecule has 1 unspecified atom stereocenters. The van der Waals surface area contributed by atoms with Crippen LogP contribution in [-0.2, 0) is 4.74 Å². The lowest BCUT2D eigenvalue weighted by molar-refractivity contribution is -0.0411. The maximum Gasteiger partial charge on any atom is 0.0918 e. The van der Waals surface area contributed by atoms with Crippen molar-refractivity contribution in [2.75, 3.05) is 4.43 Å². The third kappa shape index (κ3) is 2.94. The molecule has 0 bridgehead atoms. The fourth-order valence-corrected chi connectivity index (χ4v) is 2.44. The molecule has 1 aliphatic rings. The molecule has 0 spiro atoms. The van der Waals surface area contributed by atoms with Gasteiger partial charge in [-0.25, -0.2) is 0 Å². The summed E-state index contributed by atoms with van der Waals surface area (Å²) in [7, 11) is 0. The standard InChI is InChI=1S/C13H17IO/c1-10-5-7-11(8-6-10)13(9-14)15-12-3-2-4-12/h5-8,12-13H,2-4,9H2,1H3. The van der Waals surface area contributed by atoms with Gasteiger partial charge in [0, 0.05) is 4.43 Å². The molecule has 0 N–H and O–H groups in total. The fraction of sp³-hybridized carbons (Fsp3) is 0.538. The molecule has 1 atom stereocenters. The highest BCUT2D eigenvalue weighted by atomic mass is 127. The van der Waals surface area contributed by atoms with E-state index in [1.807, 2.05) is 0 Å². The summed E-state index contributed by atoms with van der Waals surface area (Å²) < 4.78 is 7.09. The number of alkyl halides is 1. The number of aryl methyl sites for hydroxylation is 1. The van der Waals surface area contributed by atoms with Crippen molar-refractivity contribution in [1.82, 2.24) is 0 Å².